The van der Waals surface area contributed by atoms with Crippen molar-refractivity contribution in [2.24, 2.45) is 11.8 Å². The van der Waals surface area contributed by atoms with E-state index in [2.05, 4.69) is 17.1 Å². The smallest absolute Gasteiger partial charge is 0.222 e. The number of nitrogens with zero attached hydrogens (tertiary/aromatic N) is 2. The van der Waals surface area contributed by atoms with Gasteiger partial charge in [-0.15, -0.1) is 0 Å². The summed E-state index contributed by atoms with van der Waals surface area (Å²) in [6.45, 7) is 7.00. The molecule has 2 amide bonds. The molecule has 0 spiro atoms. The molecule has 3 fully saturated rings. The van der Waals surface area contributed by atoms with Crippen molar-refractivity contribution in [3.05, 3.63) is 0 Å². The highest BCUT2D eigenvalue weighted by Gasteiger charge is 2.34. The Hall–Kier alpha value is -1.10. The Kier molecular flexibility index (Phi) is 6.14. The van der Waals surface area contributed by atoms with E-state index in [1.165, 1.54) is 38.6 Å². The summed E-state index contributed by atoms with van der Waals surface area (Å²) in [6.07, 6.45) is 8.58. The molecule has 2 saturated heterocycles. The molecule has 0 radical (unpaired) electrons. The number of rotatable bonds is 8. The molecule has 0 unspecified atom stereocenters. The van der Waals surface area contributed by atoms with Crippen LogP contribution in [-0.4, -0.2) is 60.4 Å². The Balaban J connectivity index is 1.44. The minimum Gasteiger partial charge on any atom is -0.352 e. The summed E-state index contributed by atoms with van der Waals surface area (Å²) < 4.78 is 0. The molecule has 0 aromatic carbocycles. The molecule has 1 N–H and O–H groups in total. The first-order valence-corrected chi connectivity index (χ1v) is 9.95. The number of likely N-dealkylation sites (tertiary alicyclic amines) is 2. The van der Waals surface area contributed by atoms with Crippen LogP contribution in [0.1, 0.15) is 58.3 Å². The first-order chi connectivity index (χ1) is 11.7. The van der Waals surface area contributed by atoms with Crippen molar-refractivity contribution >= 4 is 11.8 Å². The molecular formula is C19H33N3O2. The molecule has 0 aromatic heterocycles. The van der Waals surface area contributed by atoms with Gasteiger partial charge in [-0.3, -0.25) is 9.59 Å². The lowest BCUT2D eigenvalue weighted by molar-refractivity contribution is -0.128. The van der Waals surface area contributed by atoms with Gasteiger partial charge in [-0.05, 0) is 37.5 Å². The van der Waals surface area contributed by atoms with Crippen LogP contribution in [0.3, 0.4) is 0 Å². The summed E-state index contributed by atoms with van der Waals surface area (Å²) in [5.41, 5.74) is 0. The van der Waals surface area contributed by atoms with Gasteiger partial charge in [-0.25, -0.2) is 0 Å². The van der Waals surface area contributed by atoms with Crippen molar-refractivity contribution in [3.8, 4) is 0 Å². The minimum atomic E-state index is 0.117. The monoisotopic (exact) mass is 335 g/mol. The van der Waals surface area contributed by atoms with E-state index in [4.69, 9.17) is 0 Å². The minimum absolute atomic E-state index is 0.117. The van der Waals surface area contributed by atoms with Crippen molar-refractivity contribution < 1.29 is 9.59 Å². The Morgan fingerprint density at radius 2 is 2.08 bits per heavy atom. The molecule has 2 atom stereocenters. The number of carbonyl (C=O) groups is 2. The van der Waals surface area contributed by atoms with Crippen molar-refractivity contribution in [1.82, 2.24) is 15.1 Å². The van der Waals surface area contributed by atoms with Crippen molar-refractivity contribution in [3.63, 3.8) is 0 Å². The molecule has 0 bridgehead atoms. The van der Waals surface area contributed by atoms with Crippen LogP contribution in [0.5, 0.6) is 0 Å². The van der Waals surface area contributed by atoms with E-state index in [1.54, 1.807) is 0 Å². The Labute approximate surface area is 146 Å². The molecular weight excluding hydrogens is 302 g/mol. The topological polar surface area (TPSA) is 52.7 Å². The number of carbonyl (C=O) groups excluding carboxylic acids is 2. The number of nitrogens with one attached hydrogen (secondary N) is 1. The molecule has 1 aliphatic carbocycles. The van der Waals surface area contributed by atoms with Gasteiger partial charge in [0.15, 0.2) is 0 Å². The molecule has 3 aliphatic rings. The van der Waals surface area contributed by atoms with E-state index in [9.17, 15) is 9.59 Å². The molecule has 0 aromatic rings. The predicted octanol–water partition coefficient (Wildman–Crippen LogP) is 2.02. The maximum atomic E-state index is 12.3. The van der Waals surface area contributed by atoms with E-state index in [0.29, 0.717) is 31.3 Å². The van der Waals surface area contributed by atoms with Gasteiger partial charge < -0.3 is 15.1 Å². The van der Waals surface area contributed by atoms with Crippen LogP contribution < -0.4 is 5.32 Å². The van der Waals surface area contributed by atoms with Crippen molar-refractivity contribution in [2.75, 3.05) is 32.7 Å². The molecule has 2 aliphatic heterocycles. The molecule has 24 heavy (non-hydrogen) atoms. The molecule has 1 saturated carbocycles. The fraction of sp³-hybridized carbons (Fsp3) is 0.895. The van der Waals surface area contributed by atoms with E-state index < -0.39 is 0 Å². The van der Waals surface area contributed by atoms with E-state index in [1.807, 2.05) is 4.90 Å². The fourth-order valence-corrected chi connectivity index (χ4v) is 4.43. The lowest BCUT2D eigenvalue weighted by atomic mass is 9.85. The van der Waals surface area contributed by atoms with Crippen LogP contribution in [0.25, 0.3) is 0 Å². The first kappa shape index (κ1) is 17.7. The van der Waals surface area contributed by atoms with Gasteiger partial charge in [0.05, 0.1) is 0 Å². The van der Waals surface area contributed by atoms with Crippen molar-refractivity contribution in [2.45, 2.75) is 64.3 Å². The van der Waals surface area contributed by atoms with Crippen LogP contribution in [0, 0.1) is 11.8 Å². The Bertz CT molecular complexity index is 450. The lowest BCUT2D eigenvalue weighted by Crippen LogP contribution is -2.42. The molecule has 3 rings (SSSR count). The number of hydrogen-bond donors (Lipinski definition) is 1. The normalized spacial score (nSPS) is 28.4. The SMILES string of the molecule is CCC[C@@H]1CN(CC2CCC2)C[C@H]1NC(=O)CCN1CCCC1=O. The lowest BCUT2D eigenvalue weighted by Gasteiger charge is -2.30. The second kappa shape index (κ2) is 8.32. The zero-order valence-corrected chi connectivity index (χ0v) is 15.1. The van der Waals surface area contributed by atoms with E-state index in [-0.39, 0.29) is 11.8 Å². The van der Waals surface area contributed by atoms with Crippen LogP contribution in [0.15, 0.2) is 0 Å². The second-order valence-corrected chi connectivity index (χ2v) is 7.97. The number of hydrogen-bond acceptors (Lipinski definition) is 3. The summed E-state index contributed by atoms with van der Waals surface area (Å²) in [7, 11) is 0. The first-order valence-electron chi connectivity index (χ1n) is 9.95. The van der Waals surface area contributed by atoms with Crippen LogP contribution in [-0.2, 0) is 9.59 Å². The molecule has 136 valence electrons. The summed E-state index contributed by atoms with van der Waals surface area (Å²) in [5, 5.41) is 3.27. The zero-order valence-electron chi connectivity index (χ0n) is 15.1. The summed E-state index contributed by atoms with van der Waals surface area (Å²) in [4.78, 5) is 28.4. The highest BCUT2D eigenvalue weighted by molar-refractivity contribution is 5.80. The standard InChI is InChI=1S/C19H33N3O2/c1-2-5-16-13-21(12-15-6-3-7-15)14-17(16)20-18(23)9-11-22-10-4-8-19(22)24/h15-17H,2-14H2,1H3,(H,20,23)/t16-,17-/m1/s1. The van der Waals surface area contributed by atoms with Gasteiger partial charge >= 0.3 is 0 Å². The maximum absolute atomic E-state index is 12.3. The highest BCUT2D eigenvalue weighted by atomic mass is 16.2. The Morgan fingerprint density at radius 1 is 1.25 bits per heavy atom. The van der Waals surface area contributed by atoms with Gasteiger partial charge in [0.1, 0.15) is 0 Å². The maximum Gasteiger partial charge on any atom is 0.222 e. The van der Waals surface area contributed by atoms with Gasteiger partial charge in [0.2, 0.25) is 11.8 Å². The largest absolute Gasteiger partial charge is 0.352 e. The summed E-state index contributed by atoms with van der Waals surface area (Å²) in [6, 6.07) is 0.298. The second-order valence-electron chi connectivity index (χ2n) is 7.97. The van der Waals surface area contributed by atoms with Crippen LogP contribution in [0.4, 0.5) is 0 Å². The predicted molar refractivity (Wildman–Crippen MR) is 94.5 cm³/mol. The van der Waals surface area contributed by atoms with Crippen molar-refractivity contribution in [1.29, 1.82) is 0 Å². The summed E-state index contributed by atoms with van der Waals surface area (Å²) >= 11 is 0. The average Bonchev–Trinajstić information content (AvgIpc) is 3.08. The van der Waals surface area contributed by atoms with Gasteiger partial charge in [0, 0.05) is 51.6 Å². The molecule has 2 heterocycles. The zero-order chi connectivity index (χ0) is 16.9. The van der Waals surface area contributed by atoms with E-state index in [0.717, 1.165) is 32.0 Å². The fourth-order valence-electron chi connectivity index (χ4n) is 4.43. The summed E-state index contributed by atoms with van der Waals surface area (Å²) in [5.74, 6) is 1.81. The quantitative estimate of drug-likeness (QED) is 0.738. The number of amides is 2. The van der Waals surface area contributed by atoms with Gasteiger partial charge in [-0.2, -0.15) is 0 Å². The van der Waals surface area contributed by atoms with Gasteiger partial charge in [-0.1, -0.05) is 19.8 Å². The van der Waals surface area contributed by atoms with Gasteiger partial charge in [0.25, 0.3) is 0 Å². The third-order valence-electron chi connectivity index (χ3n) is 6.04. The third-order valence-corrected chi connectivity index (χ3v) is 6.04. The average molecular weight is 335 g/mol. The van der Waals surface area contributed by atoms with Crippen LogP contribution in [0.2, 0.25) is 0 Å². The highest BCUT2D eigenvalue weighted by Crippen LogP contribution is 2.30. The van der Waals surface area contributed by atoms with E-state index >= 15 is 0 Å². The Morgan fingerprint density at radius 3 is 2.71 bits per heavy atom. The molecule has 5 nitrogen and oxygen atoms in total. The van der Waals surface area contributed by atoms with Crippen LogP contribution >= 0.6 is 0 Å². The molecule has 5 heteroatoms. The third kappa shape index (κ3) is 4.50.